The van der Waals surface area contributed by atoms with E-state index in [1.54, 1.807) is 0 Å². The Labute approximate surface area is 101 Å². The van der Waals surface area contributed by atoms with E-state index in [0.717, 1.165) is 6.42 Å². The van der Waals surface area contributed by atoms with Gasteiger partial charge in [0.15, 0.2) is 0 Å². The molecule has 17 heavy (non-hydrogen) atoms. The maximum absolute atomic E-state index is 5.32. The van der Waals surface area contributed by atoms with Crippen LogP contribution in [0.5, 0.6) is 6.01 Å². The average molecular weight is 240 g/mol. The minimum atomic E-state index is 0.278. The van der Waals surface area contributed by atoms with Crippen LogP contribution in [0.25, 0.3) is 0 Å². The van der Waals surface area contributed by atoms with Crippen molar-refractivity contribution >= 4 is 11.9 Å². The molecule has 7 heteroatoms. The highest BCUT2D eigenvalue weighted by molar-refractivity contribution is 5.37. The van der Waals surface area contributed by atoms with Gasteiger partial charge < -0.3 is 9.64 Å². The fourth-order valence-corrected chi connectivity index (χ4v) is 1.23. The van der Waals surface area contributed by atoms with Crippen LogP contribution in [0, 0.1) is 0 Å². The maximum Gasteiger partial charge on any atom is 0.323 e. The Balaban J connectivity index is 3.01. The molecule has 0 radical (unpaired) electrons. The van der Waals surface area contributed by atoms with Crippen molar-refractivity contribution < 1.29 is 4.74 Å². The molecule has 0 saturated heterocycles. The largest absolute Gasteiger partial charge is 0.464 e. The van der Waals surface area contributed by atoms with Crippen molar-refractivity contribution in [2.24, 2.45) is 5.84 Å². The summed E-state index contributed by atoms with van der Waals surface area (Å²) in [6.45, 7) is 6.57. The molecule has 0 aliphatic rings. The van der Waals surface area contributed by atoms with E-state index in [1.165, 1.54) is 0 Å². The van der Waals surface area contributed by atoms with E-state index >= 15 is 0 Å². The summed E-state index contributed by atoms with van der Waals surface area (Å²) >= 11 is 0. The van der Waals surface area contributed by atoms with Crippen LogP contribution >= 0.6 is 0 Å². The summed E-state index contributed by atoms with van der Waals surface area (Å²) in [5.41, 5.74) is 2.41. The lowest BCUT2D eigenvalue weighted by molar-refractivity contribution is 0.312. The van der Waals surface area contributed by atoms with E-state index in [2.05, 4.69) is 34.2 Å². The highest BCUT2D eigenvalue weighted by Gasteiger charge is 2.14. The van der Waals surface area contributed by atoms with Crippen molar-refractivity contribution in [3.05, 3.63) is 0 Å². The Kier molecular flexibility index (Phi) is 4.89. The van der Waals surface area contributed by atoms with Gasteiger partial charge in [-0.05, 0) is 20.3 Å². The molecule has 0 spiro atoms. The fourth-order valence-electron chi connectivity index (χ4n) is 1.23. The number of rotatable bonds is 6. The highest BCUT2D eigenvalue weighted by atomic mass is 16.5. The zero-order valence-electron chi connectivity index (χ0n) is 10.8. The Hall–Kier alpha value is -1.63. The van der Waals surface area contributed by atoms with Crippen molar-refractivity contribution in [1.82, 2.24) is 15.0 Å². The molecule has 0 aromatic carbocycles. The zero-order chi connectivity index (χ0) is 12.8. The van der Waals surface area contributed by atoms with Crippen molar-refractivity contribution in [1.29, 1.82) is 0 Å². The van der Waals surface area contributed by atoms with Crippen LogP contribution in [-0.2, 0) is 0 Å². The number of hydrogen-bond acceptors (Lipinski definition) is 7. The van der Waals surface area contributed by atoms with Crippen molar-refractivity contribution in [3.8, 4) is 6.01 Å². The summed E-state index contributed by atoms with van der Waals surface area (Å²) < 4.78 is 5.27. The third-order valence-electron chi connectivity index (χ3n) is 2.57. The summed E-state index contributed by atoms with van der Waals surface area (Å²) in [6, 6.07) is 0.609. The molecule has 0 fully saturated rings. The van der Waals surface area contributed by atoms with Gasteiger partial charge in [-0.3, -0.25) is 5.43 Å². The summed E-state index contributed by atoms with van der Waals surface area (Å²) in [7, 11) is 1.93. The summed E-state index contributed by atoms with van der Waals surface area (Å²) in [5, 5.41) is 0. The molecule has 1 unspecified atom stereocenters. The van der Waals surface area contributed by atoms with Crippen LogP contribution in [0.1, 0.15) is 27.2 Å². The Morgan fingerprint density at radius 1 is 1.35 bits per heavy atom. The molecule has 1 aromatic rings. The molecule has 0 bridgehead atoms. The molecule has 96 valence electrons. The van der Waals surface area contributed by atoms with Crippen LogP contribution in [0.15, 0.2) is 0 Å². The molecule has 3 N–H and O–H groups in total. The Morgan fingerprint density at radius 3 is 2.59 bits per heavy atom. The van der Waals surface area contributed by atoms with E-state index < -0.39 is 0 Å². The maximum atomic E-state index is 5.32. The first-order chi connectivity index (χ1) is 8.12. The second-order valence-electron chi connectivity index (χ2n) is 3.69. The van der Waals surface area contributed by atoms with Crippen LogP contribution < -0.4 is 20.9 Å². The lowest BCUT2D eigenvalue weighted by Crippen LogP contribution is -2.30. The number of nitrogen functional groups attached to an aromatic ring is 1. The third-order valence-corrected chi connectivity index (χ3v) is 2.57. The van der Waals surface area contributed by atoms with E-state index in [1.807, 2.05) is 18.9 Å². The molecule has 7 nitrogen and oxygen atoms in total. The molecular formula is C10H20N6O. The number of hydrazine groups is 1. The van der Waals surface area contributed by atoms with E-state index in [9.17, 15) is 0 Å². The lowest BCUT2D eigenvalue weighted by atomic mass is 10.2. The minimum absolute atomic E-state index is 0.278. The van der Waals surface area contributed by atoms with Gasteiger partial charge in [-0.2, -0.15) is 15.0 Å². The van der Waals surface area contributed by atoms with Crippen molar-refractivity contribution in [2.45, 2.75) is 33.2 Å². The number of nitrogens with two attached hydrogens (primary N) is 1. The average Bonchev–Trinajstić information content (AvgIpc) is 2.36. The minimum Gasteiger partial charge on any atom is -0.464 e. The first kappa shape index (κ1) is 13.4. The molecule has 1 aromatic heterocycles. The molecule has 0 aliphatic heterocycles. The molecule has 0 saturated carbocycles. The van der Waals surface area contributed by atoms with Gasteiger partial charge in [0.05, 0.1) is 6.61 Å². The van der Waals surface area contributed by atoms with E-state index in [4.69, 9.17) is 10.6 Å². The van der Waals surface area contributed by atoms with Crippen LogP contribution in [-0.4, -0.2) is 34.6 Å². The Bertz CT molecular complexity index is 359. The highest BCUT2D eigenvalue weighted by Crippen LogP contribution is 2.16. The van der Waals surface area contributed by atoms with Crippen LogP contribution in [0.3, 0.4) is 0 Å². The summed E-state index contributed by atoms with van der Waals surface area (Å²) in [6.07, 6.45) is 0.998. The van der Waals surface area contributed by atoms with Crippen LogP contribution in [0.4, 0.5) is 11.9 Å². The first-order valence-electron chi connectivity index (χ1n) is 5.70. The second kappa shape index (κ2) is 6.19. The van der Waals surface area contributed by atoms with Gasteiger partial charge in [-0.25, -0.2) is 5.84 Å². The number of hydrogen-bond donors (Lipinski definition) is 2. The topological polar surface area (TPSA) is 89.2 Å². The molecule has 0 aliphatic carbocycles. The molecule has 0 amide bonds. The monoisotopic (exact) mass is 240 g/mol. The summed E-state index contributed by atoms with van der Waals surface area (Å²) in [4.78, 5) is 14.4. The first-order valence-corrected chi connectivity index (χ1v) is 5.70. The van der Waals surface area contributed by atoms with Crippen LogP contribution in [0.2, 0.25) is 0 Å². The number of anilines is 2. The van der Waals surface area contributed by atoms with E-state index in [-0.39, 0.29) is 6.01 Å². The van der Waals surface area contributed by atoms with Gasteiger partial charge in [-0.1, -0.05) is 6.92 Å². The van der Waals surface area contributed by atoms with E-state index in [0.29, 0.717) is 24.5 Å². The molecular weight excluding hydrogens is 220 g/mol. The Morgan fingerprint density at radius 2 is 2.06 bits per heavy atom. The zero-order valence-corrected chi connectivity index (χ0v) is 10.8. The number of nitrogens with zero attached hydrogens (tertiary/aromatic N) is 4. The lowest BCUT2D eigenvalue weighted by Gasteiger charge is -2.23. The molecule has 1 heterocycles. The van der Waals surface area contributed by atoms with Gasteiger partial charge in [0.25, 0.3) is 0 Å². The normalized spacial score (nSPS) is 12.1. The predicted molar refractivity (Wildman–Crippen MR) is 67.0 cm³/mol. The predicted octanol–water partition coefficient (Wildman–Crippen LogP) is 0.791. The number of nitrogens with one attached hydrogen (secondary N) is 1. The van der Waals surface area contributed by atoms with Gasteiger partial charge in [0.2, 0.25) is 11.9 Å². The van der Waals surface area contributed by atoms with Crippen molar-refractivity contribution in [2.75, 3.05) is 24.0 Å². The quantitative estimate of drug-likeness (QED) is 0.561. The van der Waals surface area contributed by atoms with Gasteiger partial charge in [-0.15, -0.1) is 0 Å². The smallest absolute Gasteiger partial charge is 0.323 e. The van der Waals surface area contributed by atoms with Gasteiger partial charge in [0.1, 0.15) is 0 Å². The number of ether oxygens (including phenoxy) is 1. The van der Waals surface area contributed by atoms with Crippen molar-refractivity contribution in [3.63, 3.8) is 0 Å². The number of aromatic nitrogens is 3. The van der Waals surface area contributed by atoms with Gasteiger partial charge >= 0.3 is 6.01 Å². The standard InChI is InChI=1S/C10H20N6O/c1-5-7(3)16(4)9-12-8(15-11)13-10(14-9)17-6-2/h7H,5-6,11H2,1-4H3,(H,12,13,14,15). The summed E-state index contributed by atoms with van der Waals surface area (Å²) in [5.74, 6) is 6.16. The SMILES string of the molecule is CCOc1nc(NN)nc(N(C)C(C)CC)n1. The molecule has 1 rings (SSSR count). The van der Waals surface area contributed by atoms with Gasteiger partial charge in [0, 0.05) is 13.1 Å². The second-order valence-corrected chi connectivity index (χ2v) is 3.69. The third kappa shape index (κ3) is 3.42. The fraction of sp³-hybridized carbons (Fsp3) is 0.700. The molecule has 1 atom stereocenters.